The lowest BCUT2D eigenvalue weighted by atomic mass is 9.87. The molecule has 1 unspecified atom stereocenters. The molecule has 1 aromatic rings. The molecule has 0 spiro atoms. The van der Waals surface area contributed by atoms with Crippen molar-refractivity contribution in [2.24, 2.45) is 0 Å². The van der Waals surface area contributed by atoms with Crippen LogP contribution in [0.15, 0.2) is 29.2 Å². The Balaban J connectivity index is 3.15. The first-order valence-corrected chi connectivity index (χ1v) is 6.33. The van der Waals surface area contributed by atoms with Gasteiger partial charge in [0.25, 0.3) is 0 Å². The second-order valence-corrected chi connectivity index (χ2v) is 6.50. The minimum absolute atomic E-state index is 0.132. The van der Waals surface area contributed by atoms with E-state index in [2.05, 4.69) is 0 Å². The zero-order chi connectivity index (χ0) is 12.6. The molecule has 0 fully saturated rings. The summed E-state index contributed by atoms with van der Waals surface area (Å²) in [5.41, 5.74) is 0.772. The summed E-state index contributed by atoms with van der Waals surface area (Å²) in [6, 6.07) is 5.58. The molecule has 1 rings (SSSR count). The Kier molecular flexibility index (Phi) is 3.38. The standard InChI is InChI=1S/C11H14F2O2S/c1-11(2,3)8-4-6-9(7-5-8)16(14,15)10(12)13/h4-7,10H,1-3H3/i12-1. The zero-order valence-electron chi connectivity index (χ0n) is 9.37. The Bertz CT molecular complexity index is 456. The fourth-order valence-electron chi connectivity index (χ4n) is 1.25. The molecule has 5 heteroatoms. The maximum Gasteiger partial charge on any atom is 0.341 e. The largest absolute Gasteiger partial charge is 0.341 e. The Morgan fingerprint density at radius 2 is 1.50 bits per heavy atom. The zero-order valence-corrected chi connectivity index (χ0v) is 10.2. The van der Waals surface area contributed by atoms with Crippen molar-refractivity contribution in [2.75, 3.05) is 0 Å². The summed E-state index contributed by atoms with van der Waals surface area (Å²) in [5, 5.41) is 0. The molecule has 0 aromatic heterocycles. The molecule has 0 saturated carbocycles. The lowest BCUT2D eigenvalue weighted by molar-refractivity contribution is 0.234. The van der Waals surface area contributed by atoms with Crippen LogP contribution in [0.4, 0.5) is 8.78 Å². The Morgan fingerprint density at radius 3 is 1.81 bits per heavy atom. The lowest BCUT2D eigenvalue weighted by Crippen LogP contribution is -2.13. The van der Waals surface area contributed by atoms with Gasteiger partial charge in [-0.05, 0) is 23.1 Å². The second kappa shape index (κ2) is 4.13. The van der Waals surface area contributed by atoms with E-state index in [-0.39, 0.29) is 10.3 Å². The summed E-state index contributed by atoms with van der Waals surface area (Å²) in [5.74, 6) is -3.37. The molecule has 0 aliphatic carbocycles. The highest BCUT2D eigenvalue weighted by molar-refractivity contribution is 7.91. The van der Waals surface area contributed by atoms with Crippen molar-refractivity contribution in [1.82, 2.24) is 0 Å². The van der Waals surface area contributed by atoms with Crippen LogP contribution in [0.5, 0.6) is 0 Å². The molecule has 90 valence electrons. The van der Waals surface area contributed by atoms with Crippen LogP contribution in [-0.4, -0.2) is 14.2 Å². The molecule has 0 heterocycles. The van der Waals surface area contributed by atoms with E-state index < -0.39 is 15.6 Å². The van der Waals surface area contributed by atoms with Crippen LogP contribution in [0.3, 0.4) is 0 Å². The van der Waals surface area contributed by atoms with Gasteiger partial charge in [-0.15, -0.1) is 0 Å². The Morgan fingerprint density at radius 1 is 1.06 bits per heavy atom. The monoisotopic (exact) mass is 247 g/mol. The fraction of sp³-hybridized carbons (Fsp3) is 0.455. The summed E-state index contributed by atoms with van der Waals surface area (Å²) < 4.78 is 46.8. The third-order valence-corrected chi connectivity index (χ3v) is 3.68. The van der Waals surface area contributed by atoms with E-state index in [0.29, 0.717) is 0 Å². The van der Waals surface area contributed by atoms with Gasteiger partial charge in [-0.2, -0.15) is 8.78 Å². The average molecular weight is 247 g/mol. The number of halogens is 2. The second-order valence-electron chi connectivity index (χ2n) is 4.58. The van der Waals surface area contributed by atoms with E-state index in [4.69, 9.17) is 0 Å². The smallest absolute Gasteiger partial charge is 0.218 e. The minimum atomic E-state index is -4.47. The summed E-state index contributed by atoms with van der Waals surface area (Å²) >= 11 is 0. The van der Waals surface area contributed by atoms with Crippen molar-refractivity contribution in [3.63, 3.8) is 0 Å². The van der Waals surface area contributed by atoms with Gasteiger partial charge in [0, 0.05) is 0 Å². The molecule has 2 nitrogen and oxygen atoms in total. The van der Waals surface area contributed by atoms with Crippen LogP contribution in [-0.2, 0) is 15.3 Å². The topological polar surface area (TPSA) is 34.1 Å². The van der Waals surface area contributed by atoms with Gasteiger partial charge in [0.2, 0.25) is 9.84 Å². The number of hydrogen-bond acceptors (Lipinski definition) is 2. The van der Waals surface area contributed by atoms with Gasteiger partial charge >= 0.3 is 5.76 Å². The number of sulfone groups is 1. The van der Waals surface area contributed by atoms with E-state index >= 15 is 0 Å². The maximum absolute atomic E-state index is 12.2. The lowest BCUT2D eigenvalue weighted by Gasteiger charge is -2.19. The SMILES string of the molecule is CC(C)(C)c1ccc(S(=O)(=O)C(F)[18F])cc1. The number of hydrogen-bond donors (Lipinski definition) is 0. The van der Waals surface area contributed by atoms with Crippen LogP contribution in [0.1, 0.15) is 26.3 Å². The van der Waals surface area contributed by atoms with Crippen molar-refractivity contribution in [2.45, 2.75) is 36.8 Å². The third-order valence-electron chi connectivity index (χ3n) is 2.28. The third kappa shape index (κ3) is 2.58. The summed E-state index contributed by atoms with van der Waals surface area (Å²) in [6.07, 6.45) is 0. The van der Waals surface area contributed by atoms with E-state index in [1.165, 1.54) is 12.1 Å². The number of rotatable bonds is 2. The van der Waals surface area contributed by atoms with Gasteiger partial charge in [0.05, 0.1) is 4.90 Å². The number of benzene rings is 1. The van der Waals surface area contributed by atoms with E-state index in [1.807, 2.05) is 20.8 Å². The van der Waals surface area contributed by atoms with E-state index in [0.717, 1.165) is 5.56 Å². The van der Waals surface area contributed by atoms with Crippen LogP contribution in [0.2, 0.25) is 0 Å². The minimum Gasteiger partial charge on any atom is -0.218 e. The molecule has 0 saturated heterocycles. The Hall–Kier alpha value is -0.970. The average Bonchev–Trinajstić information content (AvgIpc) is 2.16. The molecular formula is C11H14F2O2S. The van der Waals surface area contributed by atoms with Crippen LogP contribution in [0.25, 0.3) is 0 Å². The summed E-state index contributed by atoms with van der Waals surface area (Å²) in [4.78, 5) is -0.337. The van der Waals surface area contributed by atoms with Crippen LogP contribution < -0.4 is 0 Å². The quantitative estimate of drug-likeness (QED) is 0.805. The summed E-state index contributed by atoms with van der Waals surface area (Å²) in [6.45, 7) is 5.89. The van der Waals surface area contributed by atoms with Gasteiger partial charge in [0.15, 0.2) is 0 Å². The van der Waals surface area contributed by atoms with Crippen molar-refractivity contribution in [3.8, 4) is 0 Å². The molecule has 0 bridgehead atoms. The van der Waals surface area contributed by atoms with E-state index in [1.54, 1.807) is 12.1 Å². The highest BCUT2D eigenvalue weighted by Crippen LogP contribution is 2.25. The van der Waals surface area contributed by atoms with Crippen molar-refractivity contribution in [1.29, 1.82) is 0 Å². The molecule has 0 amide bonds. The van der Waals surface area contributed by atoms with Crippen molar-refractivity contribution in [3.05, 3.63) is 29.8 Å². The molecule has 16 heavy (non-hydrogen) atoms. The highest BCUT2D eigenvalue weighted by Gasteiger charge is 2.26. The first kappa shape index (κ1) is 13.1. The first-order chi connectivity index (χ1) is 7.15. The molecule has 0 radical (unpaired) electrons. The molecule has 0 aliphatic heterocycles. The van der Waals surface area contributed by atoms with Gasteiger partial charge in [-0.3, -0.25) is 0 Å². The predicted molar refractivity (Wildman–Crippen MR) is 58.3 cm³/mol. The first-order valence-electron chi connectivity index (χ1n) is 4.78. The molecule has 1 aromatic carbocycles. The highest BCUT2D eigenvalue weighted by atomic mass is 32.2. The van der Waals surface area contributed by atoms with Crippen molar-refractivity contribution < 1.29 is 17.2 Å². The van der Waals surface area contributed by atoms with E-state index in [9.17, 15) is 17.2 Å². The fourth-order valence-corrected chi connectivity index (χ4v) is 1.97. The van der Waals surface area contributed by atoms with Crippen LogP contribution in [0, 0.1) is 0 Å². The van der Waals surface area contributed by atoms with Gasteiger partial charge in [-0.25, -0.2) is 8.42 Å². The predicted octanol–water partition coefficient (Wildman–Crippen LogP) is 2.98. The molecular weight excluding hydrogens is 233 g/mol. The maximum atomic E-state index is 12.2. The van der Waals surface area contributed by atoms with Gasteiger partial charge in [-0.1, -0.05) is 32.9 Å². The van der Waals surface area contributed by atoms with Crippen molar-refractivity contribution >= 4 is 9.84 Å². The summed E-state index contributed by atoms with van der Waals surface area (Å²) in [7, 11) is -4.47. The molecule has 0 aliphatic rings. The van der Waals surface area contributed by atoms with Crippen LogP contribution >= 0.6 is 0 Å². The molecule has 0 N–H and O–H groups in total. The van der Waals surface area contributed by atoms with Gasteiger partial charge in [0.1, 0.15) is 0 Å². The Labute approximate surface area is 94.2 Å². The molecule has 1 atom stereocenters. The van der Waals surface area contributed by atoms with Gasteiger partial charge < -0.3 is 0 Å². The normalized spacial score (nSPS) is 14.8. The number of alkyl halides is 2.